The molecule has 0 radical (unpaired) electrons. The van der Waals surface area contributed by atoms with Crippen LogP contribution in [0, 0.1) is 0 Å². The van der Waals surface area contributed by atoms with Crippen molar-refractivity contribution in [3.8, 4) is 0 Å². The van der Waals surface area contributed by atoms with E-state index < -0.39 is 34.7 Å². The second kappa shape index (κ2) is 10.4. The lowest BCUT2D eigenvalue weighted by atomic mass is 10.3. The van der Waals surface area contributed by atoms with E-state index in [2.05, 4.69) is 0 Å². The second-order valence-electron chi connectivity index (χ2n) is 3.65. The molecule has 0 aliphatic heterocycles. The molecule has 3 unspecified atom stereocenters. The first-order valence-corrected chi connectivity index (χ1v) is 7.35. The van der Waals surface area contributed by atoms with E-state index in [4.69, 9.17) is 14.6 Å². The van der Waals surface area contributed by atoms with Gasteiger partial charge in [0.05, 0.1) is 25.1 Å². The minimum absolute atomic E-state index is 0.128. The first-order chi connectivity index (χ1) is 8.56. The number of carbonyl (C=O) groups is 1. The van der Waals surface area contributed by atoms with Gasteiger partial charge in [-0.3, -0.25) is 9.00 Å². The third-order valence-electron chi connectivity index (χ3n) is 2.19. The molecule has 0 heterocycles. The molecule has 0 aliphatic rings. The molecule has 0 fully saturated rings. The number of aliphatic hydroxyl groups excluding tert-OH is 2. The molecule has 0 aromatic rings. The number of aliphatic hydroxyl groups is 2. The monoisotopic (exact) mass is 282 g/mol. The van der Waals surface area contributed by atoms with Crippen molar-refractivity contribution in [2.24, 2.45) is 0 Å². The molecule has 0 amide bonds. The highest BCUT2D eigenvalue weighted by Crippen LogP contribution is 2.06. The van der Waals surface area contributed by atoms with Gasteiger partial charge in [0.2, 0.25) is 0 Å². The Morgan fingerprint density at radius 2 is 2.00 bits per heavy atom. The van der Waals surface area contributed by atoms with Crippen molar-refractivity contribution in [1.29, 1.82) is 0 Å². The van der Waals surface area contributed by atoms with Crippen molar-refractivity contribution in [2.75, 3.05) is 32.2 Å². The van der Waals surface area contributed by atoms with Crippen LogP contribution in [-0.4, -0.2) is 63.9 Å². The molecule has 108 valence electrons. The maximum absolute atomic E-state index is 11.8. The van der Waals surface area contributed by atoms with E-state index in [0.717, 1.165) is 0 Å². The Labute approximate surface area is 110 Å². The summed E-state index contributed by atoms with van der Waals surface area (Å²) in [5.41, 5.74) is 0. The van der Waals surface area contributed by atoms with Crippen LogP contribution in [0.3, 0.4) is 0 Å². The molecule has 7 heteroatoms. The summed E-state index contributed by atoms with van der Waals surface area (Å²) in [4.78, 5) is 11.6. The van der Waals surface area contributed by atoms with Crippen LogP contribution in [0.15, 0.2) is 0 Å². The van der Waals surface area contributed by atoms with Crippen LogP contribution in [0.4, 0.5) is 0 Å². The van der Waals surface area contributed by atoms with Crippen molar-refractivity contribution < 1.29 is 28.7 Å². The van der Waals surface area contributed by atoms with Crippen LogP contribution >= 0.6 is 0 Å². The van der Waals surface area contributed by atoms with E-state index >= 15 is 0 Å². The number of rotatable bonds is 10. The maximum Gasteiger partial charge on any atom is 0.321 e. The van der Waals surface area contributed by atoms with E-state index in [0.29, 0.717) is 19.6 Å². The van der Waals surface area contributed by atoms with Crippen LogP contribution in [0.25, 0.3) is 0 Å². The predicted molar refractivity (Wildman–Crippen MR) is 67.6 cm³/mol. The molecule has 0 aromatic heterocycles. The summed E-state index contributed by atoms with van der Waals surface area (Å²) < 4.78 is 21.7. The molecule has 0 saturated heterocycles. The van der Waals surface area contributed by atoms with Gasteiger partial charge in [-0.25, -0.2) is 0 Å². The quantitative estimate of drug-likeness (QED) is 0.412. The number of ether oxygens (including phenoxy) is 2. The van der Waals surface area contributed by atoms with Gasteiger partial charge in [-0.15, -0.1) is 0 Å². The molecule has 18 heavy (non-hydrogen) atoms. The lowest BCUT2D eigenvalue weighted by molar-refractivity contribution is -0.144. The summed E-state index contributed by atoms with van der Waals surface area (Å²) in [5.74, 6) is -0.684. The van der Waals surface area contributed by atoms with E-state index in [-0.39, 0.29) is 12.4 Å². The van der Waals surface area contributed by atoms with Crippen LogP contribution in [0.5, 0.6) is 0 Å². The summed E-state index contributed by atoms with van der Waals surface area (Å²) >= 11 is 0. The highest BCUT2D eigenvalue weighted by molar-refractivity contribution is 7.86. The van der Waals surface area contributed by atoms with E-state index in [1.807, 2.05) is 6.92 Å². The van der Waals surface area contributed by atoms with Crippen molar-refractivity contribution in [1.82, 2.24) is 0 Å². The molecule has 2 N–H and O–H groups in total. The SMILES string of the molecule is CCOCCOC(=O)C(CC)S(=O)CC(O)CO. The van der Waals surface area contributed by atoms with Gasteiger partial charge in [0.1, 0.15) is 11.9 Å². The van der Waals surface area contributed by atoms with Crippen LogP contribution < -0.4 is 0 Å². The average molecular weight is 282 g/mol. The number of esters is 1. The fourth-order valence-corrected chi connectivity index (χ4v) is 2.63. The van der Waals surface area contributed by atoms with E-state index in [1.165, 1.54) is 0 Å². The molecule has 0 bridgehead atoms. The number of hydrogen-bond acceptors (Lipinski definition) is 6. The molecule has 6 nitrogen and oxygen atoms in total. The third kappa shape index (κ3) is 7.05. The molecule has 0 rings (SSSR count). The lowest BCUT2D eigenvalue weighted by Crippen LogP contribution is -2.33. The lowest BCUT2D eigenvalue weighted by Gasteiger charge is -2.15. The van der Waals surface area contributed by atoms with Gasteiger partial charge in [0, 0.05) is 17.4 Å². The Morgan fingerprint density at radius 3 is 2.50 bits per heavy atom. The van der Waals surface area contributed by atoms with Gasteiger partial charge in [0.25, 0.3) is 0 Å². The third-order valence-corrected chi connectivity index (χ3v) is 4.07. The Morgan fingerprint density at radius 1 is 1.33 bits per heavy atom. The van der Waals surface area contributed by atoms with Gasteiger partial charge >= 0.3 is 5.97 Å². The van der Waals surface area contributed by atoms with Crippen molar-refractivity contribution in [3.63, 3.8) is 0 Å². The molecule has 0 aliphatic carbocycles. The topological polar surface area (TPSA) is 93.1 Å². The highest BCUT2D eigenvalue weighted by atomic mass is 32.2. The number of hydrogen-bond donors (Lipinski definition) is 2. The zero-order valence-corrected chi connectivity index (χ0v) is 11.6. The Balaban J connectivity index is 4.13. The van der Waals surface area contributed by atoms with Crippen molar-refractivity contribution in [3.05, 3.63) is 0 Å². The Hall–Kier alpha value is -0.500. The fraction of sp³-hybridized carbons (Fsp3) is 0.909. The average Bonchev–Trinajstić information content (AvgIpc) is 2.35. The molecule has 3 atom stereocenters. The Kier molecular flexibility index (Phi) is 10.1. The van der Waals surface area contributed by atoms with Gasteiger partial charge < -0.3 is 19.7 Å². The highest BCUT2D eigenvalue weighted by Gasteiger charge is 2.26. The van der Waals surface area contributed by atoms with Gasteiger partial charge in [-0.2, -0.15) is 0 Å². The van der Waals surface area contributed by atoms with Gasteiger partial charge in [-0.05, 0) is 13.3 Å². The van der Waals surface area contributed by atoms with Crippen molar-refractivity contribution in [2.45, 2.75) is 31.6 Å². The van der Waals surface area contributed by atoms with Crippen LogP contribution in [0.2, 0.25) is 0 Å². The Bertz CT molecular complexity index is 258. The fourth-order valence-electron chi connectivity index (χ4n) is 1.26. The van der Waals surface area contributed by atoms with E-state index in [1.54, 1.807) is 6.92 Å². The van der Waals surface area contributed by atoms with Crippen LogP contribution in [-0.2, 0) is 25.1 Å². The summed E-state index contributed by atoms with van der Waals surface area (Å²) in [6.07, 6.45) is -0.714. The summed E-state index contributed by atoms with van der Waals surface area (Å²) in [5, 5.41) is 17.1. The van der Waals surface area contributed by atoms with E-state index in [9.17, 15) is 14.1 Å². The van der Waals surface area contributed by atoms with Gasteiger partial charge in [0.15, 0.2) is 0 Å². The first-order valence-electron chi connectivity index (χ1n) is 5.97. The molecule has 0 saturated carbocycles. The molecular weight excluding hydrogens is 260 g/mol. The second-order valence-corrected chi connectivity index (χ2v) is 5.31. The minimum Gasteiger partial charge on any atom is -0.462 e. The minimum atomic E-state index is -1.55. The summed E-state index contributed by atoms with van der Waals surface area (Å²) in [7, 11) is -1.55. The summed E-state index contributed by atoms with van der Waals surface area (Å²) in [6, 6.07) is 0. The first kappa shape index (κ1) is 17.5. The predicted octanol–water partition coefficient (Wildman–Crippen LogP) is -0.553. The summed E-state index contributed by atoms with van der Waals surface area (Å²) in [6.45, 7) is 4.07. The number of carbonyl (C=O) groups excluding carboxylic acids is 1. The smallest absolute Gasteiger partial charge is 0.321 e. The maximum atomic E-state index is 11.8. The zero-order valence-electron chi connectivity index (χ0n) is 10.8. The standard InChI is InChI=1S/C11H22O6S/c1-3-10(18(15)8-9(13)7-12)11(14)17-6-5-16-4-2/h9-10,12-13H,3-8H2,1-2H3. The molecule has 0 aromatic carbocycles. The molecular formula is C11H22O6S. The zero-order chi connectivity index (χ0) is 14.0. The van der Waals surface area contributed by atoms with Crippen LogP contribution in [0.1, 0.15) is 20.3 Å². The normalized spacial score (nSPS) is 16.0. The van der Waals surface area contributed by atoms with Gasteiger partial charge in [-0.1, -0.05) is 6.92 Å². The largest absolute Gasteiger partial charge is 0.462 e. The van der Waals surface area contributed by atoms with Crippen molar-refractivity contribution >= 4 is 16.8 Å². The molecule has 0 spiro atoms.